The Bertz CT molecular complexity index is 3300. The Morgan fingerprint density at radius 2 is 0.857 bits per heavy atom. The Morgan fingerprint density at radius 3 is 1.44 bits per heavy atom. The monoisotopic (exact) mass is 818 g/mol. The summed E-state index contributed by atoms with van der Waals surface area (Å²) < 4.78 is 0. The lowest BCUT2D eigenvalue weighted by Gasteiger charge is -2.49. The van der Waals surface area contributed by atoms with E-state index in [2.05, 4.69) is 224 Å². The highest BCUT2D eigenvalue weighted by Crippen LogP contribution is 2.69. The van der Waals surface area contributed by atoms with E-state index in [-0.39, 0.29) is 0 Å². The number of fused-ring (bicyclic) bond motifs is 18. The lowest BCUT2D eigenvalue weighted by molar-refractivity contribution is 0.626. The van der Waals surface area contributed by atoms with Crippen molar-refractivity contribution < 1.29 is 0 Å². The van der Waals surface area contributed by atoms with Crippen molar-refractivity contribution in [2.24, 2.45) is 0 Å². The summed E-state index contributed by atoms with van der Waals surface area (Å²) in [5, 5.41) is 2.23. The van der Waals surface area contributed by atoms with Gasteiger partial charge in [-0.2, -0.15) is 0 Å². The molecule has 0 saturated heterocycles. The highest BCUT2D eigenvalue weighted by molar-refractivity contribution is 8.02. The molecule has 63 heavy (non-hydrogen) atoms. The molecular formula is C60H38N2S. The molecule has 1 aliphatic heterocycles. The lowest BCUT2D eigenvalue weighted by Crippen LogP contribution is -2.44. The quantitative estimate of drug-likeness (QED) is 0.178. The van der Waals surface area contributed by atoms with E-state index in [0.717, 1.165) is 39.2 Å². The van der Waals surface area contributed by atoms with Gasteiger partial charge in [-0.1, -0.05) is 219 Å². The first-order chi connectivity index (χ1) is 31.2. The fraction of sp³-hybridized carbons (Fsp3) is 0.0333. The maximum Gasteiger partial charge on any atom is 0.160 e. The number of allylic oxidation sites excluding steroid dienone is 4. The summed E-state index contributed by atoms with van der Waals surface area (Å²) in [6.07, 6.45) is 6.37. The predicted molar refractivity (Wildman–Crippen MR) is 260 cm³/mol. The highest BCUT2D eigenvalue weighted by atomic mass is 32.2. The largest absolute Gasteiger partial charge is 0.228 e. The molecule has 0 amide bonds. The molecule has 3 heteroatoms. The Hall–Kier alpha value is -7.59. The molecule has 2 heterocycles. The second kappa shape index (κ2) is 13.7. The molecule has 2 spiro atoms. The molecule has 294 valence electrons. The Balaban J connectivity index is 1.16. The second-order valence-corrected chi connectivity index (χ2v) is 17.7. The van der Waals surface area contributed by atoms with Gasteiger partial charge in [0, 0.05) is 21.6 Å². The van der Waals surface area contributed by atoms with Crippen molar-refractivity contribution in [1.82, 2.24) is 9.97 Å². The molecule has 0 fully saturated rings. The summed E-state index contributed by atoms with van der Waals surface area (Å²) in [5.74, 6) is 0.697. The van der Waals surface area contributed by atoms with Gasteiger partial charge in [-0.05, 0) is 95.4 Å². The molecule has 2 nitrogen and oxygen atoms in total. The molecule has 0 saturated carbocycles. The van der Waals surface area contributed by atoms with Gasteiger partial charge in [0.1, 0.15) is 0 Å². The molecule has 9 aromatic rings. The number of rotatable bonds is 3. The van der Waals surface area contributed by atoms with E-state index in [1.54, 1.807) is 11.8 Å². The molecule has 3 aliphatic carbocycles. The third-order valence-corrected chi connectivity index (χ3v) is 14.8. The van der Waals surface area contributed by atoms with Crippen LogP contribution in [0, 0.1) is 0 Å². The van der Waals surface area contributed by atoms with Gasteiger partial charge in [0.2, 0.25) is 0 Å². The number of aromatic nitrogens is 2. The van der Waals surface area contributed by atoms with Crippen LogP contribution < -0.4 is 0 Å². The SMILES string of the molecule is C=C1/C=C\C=C/Sc2c1ccc1c2C2(c3cc(-c4nc(-c5ccccc5)cc(-c5ccccc5)n4)ccc3-1)c1ccccc1C1(c3ccccc3-c3ccccc31)c1ccccc12. The first kappa shape index (κ1) is 36.1. The van der Waals surface area contributed by atoms with Crippen LogP contribution in [-0.4, -0.2) is 9.97 Å². The standard InChI is InChI=1S/C60H38N2S/c1-38-18-16-17-35-63-57-42(38)33-34-46-45-32-31-41(58-61-54(39-19-4-2-5-20-39)37-55(62-58)40-21-6-3-7-22-40)36-53(45)60(56(46)57)51-29-14-12-27-49(51)59(50-28-13-15-30-52(50)60)47-25-10-8-23-43(47)44-24-9-11-26-48(44)59/h2-37H,1H2/b18-16-,35-17-. The summed E-state index contributed by atoms with van der Waals surface area (Å²) >= 11 is 1.80. The van der Waals surface area contributed by atoms with E-state index < -0.39 is 10.8 Å². The van der Waals surface area contributed by atoms with Crippen molar-refractivity contribution >= 4 is 17.3 Å². The molecule has 0 N–H and O–H groups in total. The van der Waals surface area contributed by atoms with Gasteiger partial charge >= 0.3 is 0 Å². The minimum absolute atomic E-state index is 0.535. The van der Waals surface area contributed by atoms with Crippen LogP contribution in [-0.2, 0) is 10.8 Å². The van der Waals surface area contributed by atoms with Crippen LogP contribution in [0.15, 0.2) is 229 Å². The highest BCUT2D eigenvalue weighted by Gasteiger charge is 2.59. The van der Waals surface area contributed by atoms with Gasteiger partial charge in [-0.3, -0.25) is 0 Å². The number of benzene rings is 8. The summed E-state index contributed by atoms with van der Waals surface area (Å²) in [5.41, 5.74) is 21.2. The van der Waals surface area contributed by atoms with Crippen LogP contribution in [0.4, 0.5) is 0 Å². The van der Waals surface area contributed by atoms with E-state index in [0.29, 0.717) is 5.82 Å². The zero-order valence-electron chi connectivity index (χ0n) is 34.3. The van der Waals surface area contributed by atoms with Crippen molar-refractivity contribution in [3.8, 4) is 56.2 Å². The number of nitrogens with zero attached hydrogens (tertiary/aromatic N) is 2. The van der Waals surface area contributed by atoms with Gasteiger partial charge < -0.3 is 0 Å². The smallest absolute Gasteiger partial charge is 0.160 e. The van der Waals surface area contributed by atoms with Crippen LogP contribution in [0.3, 0.4) is 0 Å². The van der Waals surface area contributed by atoms with Gasteiger partial charge in [-0.15, -0.1) is 0 Å². The van der Waals surface area contributed by atoms with Crippen molar-refractivity contribution in [3.05, 3.63) is 274 Å². The molecule has 0 bridgehead atoms. The van der Waals surface area contributed by atoms with E-state index in [1.165, 1.54) is 71.7 Å². The van der Waals surface area contributed by atoms with E-state index in [4.69, 9.17) is 9.97 Å². The average Bonchev–Trinajstić information content (AvgIpc) is 3.81. The van der Waals surface area contributed by atoms with Gasteiger partial charge in [0.25, 0.3) is 0 Å². The fourth-order valence-electron chi connectivity index (χ4n) is 11.4. The molecule has 1 aromatic heterocycles. The molecule has 13 rings (SSSR count). The van der Waals surface area contributed by atoms with Crippen molar-refractivity contribution in [1.29, 1.82) is 0 Å². The number of hydrogen-bond acceptors (Lipinski definition) is 3. The zero-order valence-corrected chi connectivity index (χ0v) is 35.1. The molecule has 0 radical (unpaired) electrons. The predicted octanol–water partition coefficient (Wildman–Crippen LogP) is 14.7. The molecular weight excluding hydrogens is 781 g/mol. The second-order valence-electron chi connectivity index (χ2n) is 16.8. The summed E-state index contributed by atoms with van der Waals surface area (Å²) in [6.45, 7) is 4.63. The topological polar surface area (TPSA) is 25.8 Å². The minimum Gasteiger partial charge on any atom is -0.228 e. The maximum absolute atomic E-state index is 5.36. The van der Waals surface area contributed by atoms with Gasteiger partial charge in [0.15, 0.2) is 5.82 Å². The van der Waals surface area contributed by atoms with Crippen LogP contribution >= 0.6 is 11.8 Å². The summed E-state index contributed by atoms with van der Waals surface area (Å²) in [6, 6.07) is 71.4. The lowest BCUT2D eigenvalue weighted by atomic mass is 9.52. The van der Waals surface area contributed by atoms with Crippen LogP contribution in [0.5, 0.6) is 0 Å². The summed E-state index contributed by atoms with van der Waals surface area (Å²) in [4.78, 5) is 12.0. The van der Waals surface area contributed by atoms with Crippen LogP contribution in [0.1, 0.15) is 50.1 Å². The van der Waals surface area contributed by atoms with E-state index >= 15 is 0 Å². The maximum atomic E-state index is 5.36. The molecule has 0 unspecified atom stereocenters. The number of hydrogen-bond donors (Lipinski definition) is 0. The van der Waals surface area contributed by atoms with Crippen molar-refractivity contribution in [2.45, 2.75) is 15.7 Å². The van der Waals surface area contributed by atoms with Gasteiger partial charge in [0.05, 0.1) is 22.2 Å². The average molecular weight is 819 g/mol. The fourth-order valence-corrected chi connectivity index (χ4v) is 12.4. The normalized spacial score (nSPS) is 16.1. The van der Waals surface area contributed by atoms with Crippen molar-refractivity contribution in [2.75, 3.05) is 0 Å². The van der Waals surface area contributed by atoms with Gasteiger partial charge in [-0.25, -0.2) is 9.97 Å². The summed E-state index contributed by atoms with van der Waals surface area (Å²) in [7, 11) is 0. The molecule has 4 aliphatic rings. The van der Waals surface area contributed by atoms with Crippen molar-refractivity contribution in [3.63, 3.8) is 0 Å². The molecule has 0 atom stereocenters. The minimum atomic E-state index is -0.708. The first-order valence-electron chi connectivity index (χ1n) is 21.6. The van der Waals surface area contributed by atoms with E-state index in [9.17, 15) is 0 Å². The molecule has 8 aromatic carbocycles. The van der Waals surface area contributed by atoms with Crippen LogP contribution in [0.2, 0.25) is 0 Å². The van der Waals surface area contributed by atoms with E-state index in [1.807, 2.05) is 0 Å². The Morgan fingerprint density at radius 1 is 0.381 bits per heavy atom. The number of thioether (sulfide) groups is 1. The van der Waals surface area contributed by atoms with Crippen LogP contribution in [0.25, 0.3) is 61.7 Å². The first-order valence-corrected chi connectivity index (χ1v) is 22.5. The Kier molecular flexibility index (Phi) is 7.85. The third kappa shape index (κ3) is 4.91. The Labute approximate surface area is 371 Å². The zero-order chi connectivity index (χ0) is 41.7. The third-order valence-electron chi connectivity index (χ3n) is 13.8.